The zero-order valence-electron chi connectivity index (χ0n) is 13.3. The fourth-order valence-corrected chi connectivity index (χ4v) is 3.02. The number of rotatable bonds is 6. The van der Waals surface area contributed by atoms with Crippen molar-refractivity contribution in [3.05, 3.63) is 35.4 Å². The van der Waals surface area contributed by atoms with Crippen molar-refractivity contribution in [2.45, 2.75) is 39.7 Å². The van der Waals surface area contributed by atoms with E-state index in [0.717, 1.165) is 39.0 Å². The van der Waals surface area contributed by atoms with Gasteiger partial charge in [-0.25, -0.2) is 8.78 Å². The highest BCUT2D eigenvalue weighted by molar-refractivity contribution is 5.23. The summed E-state index contributed by atoms with van der Waals surface area (Å²) >= 11 is 0. The predicted octanol–water partition coefficient (Wildman–Crippen LogP) is 3.74. The lowest BCUT2D eigenvalue weighted by Crippen LogP contribution is -2.35. The Morgan fingerprint density at radius 3 is 2.71 bits per heavy atom. The minimum atomic E-state index is -0.766. The molecular weight excluding hydrogens is 270 g/mol. The third-order valence-electron chi connectivity index (χ3n) is 4.19. The first-order valence-electron chi connectivity index (χ1n) is 7.82. The molecule has 1 heterocycles. The smallest absolute Gasteiger partial charge is 0.163 e. The maximum absolute atomic E-state index is 14.1. The summed E-state index contributed by atoms with van der Waals surface area (Å²) in [5, 5.41) is 3.36. The Balaban J connectivity index is 2.13. The van der Waals surface area contributed by atoms with Gasteiger partial charge in [-0.2, -0.15) is 0 Å². The van der Waals surface area contributed by atoms with Crippen molar-refractivity contribution in [2.24, 2.45) is 5.41 Å². The van der Waals surface area contributed by atoms with Gasteiger partial charge >= 0.3 is 0 Å². The summed E-state index contributed by atoms with van der Waals surface area (Å²) in [7, 11) is 0. The molecule has 0 radical (unpaired) electrons. The number of nitrogens with one attached hydrogen (secondary N) is 1. The Labute approximate surface area is 126 Å². The molecule has 0 spiro atoms. The zero-order valence-corrected chi connectivity index (χ0v) is 13.3. The summed E-state index contributed by atoms with van der Waals surface area (Å²) < 4.78 is 27.6. The highest BCUT2D eigenvalue weighted by atomic mass is 19.2. The molecule has 1 aliphatic rings. The first-order chi connectivity index (χ1) is 9.93. The number of nitrogens with zero attached hydrogens (tertiary/aromatic N) is 1. The van der Waals surface area contributed by atoms with Gasteiger partial charge in [-0.05, 0) is 37.4 Å². The van der Waals surface area contributed by atoms with Crippen LogP contribution in [-0.4, -0.2) is 31.1 Å². The van der Waals surface area contributed by atoms with Gasteiger partial charge in [-0.15, -0.1) is 0 Å². The molecule has 2 rings (SSSR count). The van der Waals surface area contributed by atoms with Crippen molar-refractivity contribution in [3.8, 4) is 0 Å². The van der Waals surface area contributed by atoms with Crippen LogP contribution in [0.15, 0.2) is 18.2 Å². The third-order valence-corrected chi connectivity index (χ3v) is 4.19. The molecule has 1 saturated heterocycles. The molecule has 118 valence electrons. The zero-order chi connectivity index (χ0) is 15.5. The van der Waals surface area contributed by atoms with Crippen LogP contribution >= 0.6 is 0 Å². The molecule has 0 saturated carbocycles. The van der Waals surface area contributed by atoms with Crippen molar-refractivity contribution in [1.29, 1.82) is 0 Å². The number of halogens is 2. The van der Waals surface area contributed by atoms with Crippen molar-refractivity contribution in [2.75, 3.05) is 26.2 Å². The number of likely N-dealkylation sites (tertiary alicyclic amines) is 1. The van der Waals surface area contributed by atoms with E-state index in [2.05, 4.69) is 31.0 Å². The molecule has 1 aromatic carbocycles. The fourth-order valence-electron chi connectivity index (χ4n) is 3.02. The third kappa shape index (κ3) is 4.24. The summed E-state index contributed by atoms with van der Waals surface area (Å²) in [5.41, 5.74) is 0.753. The summed E-state index contributed by atoms with van der Waals surface area (Å²) in [6.45, 7) is 10.1. The van der Waals surface area contributed by atoms with E-state index in [0.29, 0.717) is 11.0 Å². The molecule has 1 atom stereocenters. The van der Waals surface area contributed by atoms with E-state index in [1.54, 1.807) is 12.1 Å². The lowest BCUT2D eigenvalue weighted by atomic mass is 9.93. The quantitative estimate of drug-likeness (QED) is 0.860. The molecule has 1 unspecified atom stereocenters. The van der Waals surface area contributed by atoms with Crippen molar-refractivity contribution < 1.29 is 8.78 Å². The van der Waals surface area contributed by atoms with Gasteiger partial charge in [0.2, 0.25) is 0 Å². The maximum Gasteiger partial charge on any atom is 0.163 e. The molecule has 1 N–H and O–H groups in total. The molecule has 0 aromatic heterocycles. The van der Waals surface area contributed by atoms with E-state index in [9.17, 15) is 8.78 Å². The average Bonchev–Trinajstić information content (AvgIpc) is 2.77. The van der Waals surface area contributed by atoms with Gasteiger partial charge in [-0.3, -0.25) is 0 Å². The van der Waals surface area contributed by atoms with Crippen molar-refractivity contribution in [3.63, 3.8) is 0 Å². The van der Waals surface area contributed by atoms with E-state index >= 15 is 0 Å². The Kier molecular flexibility index (Phi) is 5.33. The lowest BCUT2D eigenvalue weighted by molar-refractivity contribution is 0.257. The van der Waals surface area contributed by atoms with Gasteiger partial charge in [0.15, 0.2) is 11.6 Å². The molecule has 0 aliphatic carbocycles. The number of hydrogen-bond acceptors (Lipinski definition) is 2. The normalized spacial score (nSPS) is 19.9. The van der Waals surface area contributed by atoms with Crippen LogP contribution in [0.3, 0.4) is 0 Å². The summed E-state index contributed by atoms with van der Waals surface area (Å²) in [6, 6.07) is 4.29. The van der Waals surface area contributed by atoms with E-state index in [1.807, 2.05) is 0 Å². The van der Waals surface area contributed by atoms with Crippen LogP contribution in [0.5, 0.6) is 0 Å². The summed E-state index contributed by atoms with van der Waals surface area (Å²) in [6.07, 6.45) is 2.12. The van der Waals surface area contributed by atoms with Crippen LogP contribution in [0.1, 0.15) is 45.2 Å². The maximum atomic E-state index is 14.1. The molecule has 1 aromatic rings. The topological polar surface area (TPSA) is 15.3 Å². The fraction of sp³-hybridized carbons (Fsp3) is 0.647. The lowest BCUT2D eigenvalue weighted by Gasteiger charge is -2.26. The van der Waals surface area contributed by atoms with Gasteiger partial charge in [0, 0.05) is 24.7 Å². The van der Waals surface area contributed by atoms with E-state index in [4.69, 9.17) is 0 Å². The Hall–Kier alpha value is -1.00. The molecule has 0 amide bonds. The SMILES string of the molecule is CCCNC(CN1CCC(C)(C)C1)c1cccc(F)c1F. The standard InChI is InChI=1S/C17H26F2N2/c1-4-9-20-15(11-21-10-8-17(2,3)12-21)13-6-5-7-14(18)16(13)19/h5-7,15,20H,4,8-12H2,1-3H3. The molecule has 1 fully saturated rings. The summed E-state index contributed by atoms with van der Waals surface area (Å²) in [4.78, 5) is 2.34. The van der Waals surface area contributed by atoms with Crippen LogP contribution in [-0.2, 0) is 0 Å². The van der Waals surface area contributed by atoms with Gasteiger partial charge in [0.05, 0.1) is 0 Å². The number of benzene rings is 1. The van der Waals surface area contributed by atoms with Crippen LogP contribution in [0.25, 0.3) is 0 Å². The van der Waals surface area contributed by atoms with E-state index < -0.39 is 11.6 Å². The minimum absolute atomic E-state index is 0.158. The molecule has 1 aliphatic heterocycles. The Morgan fingerprint density at radius 2 is 2.10 bits per heavy atom. The van der Waals surface area contributed by atoms with Crippen molar-refractivity contribution >= 4 is 0 Å². The van der Waals surface area contributed by atoms with Crippen LogP contribution in [0.4, 0.5) is 8.78 Å². The van der Waals surface area contributed by atoms with Crippen LogP contribution in [0.2, 0.25) is 0 Å². The van der Waals surface area contributed by atoms with E-state index in [-0.39, 0.29) is 6.04 Å². The van der Waals surface area contributed by atoms with Gasteiger partial charge in [-0.1, -0.05) is 32.9 Å². The largest absolute Gasteiger partial charge is 0.309 e. The first kappa shape index (κ1) is 16.4. The second kappa shape index (κ2) is 6.84. The Bertz CT molecular complexity index is 474. The van der Waals surface area contributed by atoms with Gasteiger partial charge in [0.25, 0.3) is 0 Å². The minimum Gasteiger partial charge on any atom is -0.309 e. The monoisotopic (exact) mass is 296 g/mol. The predicted molar refractivity (Wildman–Crippen MR) is 82.2 cm³/mol. The molecule has 4 heteroatoms. The summed E-state index contributed by atoms with van der Waals surface area (Å²) in [5.74, 6) is -1.48. The molecule has 0 bridgehead atoms. The first-order valence-corrected chi connectivity index (χ1v) is 7.82. The van der Waals surface area contributed by atoms with Crippen LogP contribution in [0, 0.1) is 17.0 Å². The van der Waals surface area contributed by atoms with Gasteiger partial charge in [0.1, 0.15) is 0 Å². The van der Waals surface area contributed by atoms with E-state index in [1.165, 1.54) is 6.07 Å². The molecular formula is C17H26F2N2. The molecule has 2 nitrogen and oxygen atoms in total. The second-order valence-corrected chi connectivity index (χ2v) is 6.80. The number of hydrogen-bond donors (Lipinski definition) is 1. The van der Waals surface area contributed by atoms with Gasteiger partial charge < -0.3 is 10.2 Å². The average molecular weight is 296 g/mol. The molecule has 21 heavy (non-hydrogen) atoms. The van der Waals surface area contributed by atoms with Crippen molar-refractivity contribution in [1.82, 2.24) is 10.2 Å². The Morgan fingerprint density at radius 1 is 1.33 bits per heavy atom. The second-order valence-electron chi connectivity index (χ2n) is 6.80. The highest BCUT2D eigenvalue weighted by Gasteiger charge is 2.31. The highest BCUT2D eigenvalue weighted by Crippen LogP contribution is 2.30. The van der Waals surface area contributed by atoms with Crippen LogP contribution < -0.4 is 5.32 Å².